The molecule has 17 heavy (non-hydrogen) atoms. The summed E-state index contributed by atoms with van der Waals surface area (Å²) in [5.74, 6) is 0.761. The molecule has 0 aliphatic carbocycles. The summed E-state index contributed by atoms with van der Waals surface area (Å²) in [6.07, 6.45) is 0.00179. The van der Waals surface area contributed by atoms with Crippen LogP contribution in [0.1, 0.15) is 19.4 Å². The van der Waals surface area contributed by atoms with Gasteiger partial charge in [0.05, 0.1) is 11.1 Å². The van der Waals surface area contributed by atoms with Gasteiger partial charge >= 0.3 is 0 Å². The third-order valence-corrected chi connectivity index (χ3v) is 2.96. The van der Waals surface area contributed by atoms with E-state index in [1.54, 1.807) is 0 Å². The van der Waals surface area contributed by atoms with E-state index in [9.17, 15) is 0 Å². The molecule has 0 aliphatic heterocycles. The zero-order chi connectivity index (χ0) is 12.8. The highest BCUT2D eigenvalue weighted by Crippen LogP contribution is 2.26. The largest absolute Gasteiger partial charge is 0.487 e. The standard InChI is InChI=1S/C12H16BrNO2S/c1-3-15-7-8(2)16-11-5-4-9(12(14)17)6-10(11)13/h4-6,8H,3,7H2,1-2H3,(H2,14,17). The molecule has 0 saturated carbocycles. The Labute approximate surface area is 115 Å². The van der Waals surface area contributed by atoms with Crippen LogP contribution in [0.25, 0.3) is 0 Å². The molecule has 0 aliphatic rings. The van der Waals surface area contributed by atoms with Crippen molar-refractivity contribution in [1.82, 2.24) is 0 Å². The van der Waals surface area contributed by atoms with Crippen molar-refractivity contribution in [2.24, 2.45) is 5.73 Å². The second kappa shape index (κ2) is 6.93. The van der Waals surface area contributed by atoms with Crippen molar-refractivity contribution in [3.8, 4) is 5.75 Å². The van der Waals surface area contributed by atoms with Crippen LogP contribution in [-0.4, -0.2) is 24.3 Å². The van der Waals surface area contributed by atoms with Crippen molar-refractivity contribution in [3.05, 3.63) is 28.2 Å². The summed E-state index contributed by atoms with van der Waals surface area (Å²) >= 11 is 8.34. The van der Waals surface area contributed by atoms with Crippen molar-refractivity contribution in [2.75, 3.05) is 13.2 Å². The third kappa shape index (κ3) is 4.61. The van der Waals surface area contributed by atoms with Gasteiger partial charge in [-0.15, -0.1) is 0 Å². The maximum atomic E-state index is 5.73. The summed E-state index contributed by atoms with van der Waals surface area (Å²) in [5.41, 5.74) is 6.37. The van der Waals surface area contributed by atoms with Gasteiger partial charge in [-0.25, -0.2) is 0 Å². The van der Waals surface area contributed by atoms with Crippen molar-refractivity contribution in [2.45, 2.75) is 20.0 Å². The highest BCUT2D eigenvalue weighted by molar-refractivity contribution is 9.10. The molecule has 0 spiro atoms. The summed E-state index contributed by atoms with van der Waals surface area (Å²) in [4.78, 5) is 0.375. The van der Waals surface area contributed by atoms with Gasteiger partial charge in [-0.2, -0.15) is 0 Å². The van der Waals surface area contributed by atoms with Gasteiger partial charge in [0.2, 0.25) is 0 Å². The van der Waals surface area contributed by atoms with E-state index >= 15 is 0 Å². The first-order chi connectivity index (χ1) is 8.04. The van der Waals surface area contributed by atoms with Gasteiger partial charge in [-0.05, 0) is 48.0 Å². The molecule has 94 valence electrons. The zero-order valence-corrected chi connectivity index (χ0v) is 12.3. The molecular formula is C12H16BrNO2S. The zero-order valence-electron chi connectivity index (χ0n) is 9.90. The van der Waals surface area contributed by atoms with E-state index in [0.717, 1.165) is 15.8 Å². The predicted octanol–water partition coefficient (Wildman–Crippen LogP) is 2.89. The Kier molecular flexibility index (Phi) is 5.88. The van der Waals surface area contributed by atoms with Crippen molar-refractivity contribution < 1.29 is 9.47 Å². The van der Waals surface area contributed by atoms with E-state index in [1.807, 2.05) is 32.0 Å². The SMILES string of the molecule is CCOCC(C)Oc1ccc(C(N)=S)cc1Br. The minimum Gasteiger partial charge on any atom is -0.487 e. The average molecular weight is 318 g/mol. The summed E-state index contributed by atoms with van der Waals surface area (Å²) < 4.78 is 11.9. The van der Waals surface area contributed by atoms with Gasteiger partial charge in [0, 0.05) is 12.2 Å². The van der Waals surface area contributed by atoms with Crippen LogP contribution in [0.3, 0.4) is 0 Å². The van der Waals surface area contributed by atoms with Crippen molar-refractivity contribution in [1.29, 1.82) is 0 Å². The maximum absolute atomic E-state index is 5.73. The van der Waals surface area contributed by atoms with E-state index in [1.165, 1.54) is 0 Å². The minimum absolute atomic E-state index is 0.00179. The Hall–Kier alpha value is -0.650. The Morgan fingerprint density at radius 2 is 2.24 bits per heavy atom. The summed E-state index contributed by atoms with van der Waals surface area (Å²) in [6, 6.07) is 5.54. The molecule has 0 amide bonds. The monoisotopic (exact) mass is 317 g/mol. The van der Waals surface area contributed by atoms with Gasteiger partial charge < -0.3 is 15.2 Å². The topological polar surface area (TPSA) is 44.5 Å². The second-order valence-electron chi connectivity index (χ2n) is 3.60. The summed E-state index contributed by atoms with van der Waals surface area (Å²) in [5, 5.41) is 0. The van der Waals surface area contributed by atoms with Gasteiger partial charge in [0.15, 0.2) is 0 Å². The number of nitrogens with two attached hydrogens (primary N) is 1. The van der Waals surface area contributed by atoms with Crippen LogP contribution >= 0.6 is 28.1 Å². The van der Waals surface area contributed by atoms with E-state index < -0.39 is 0 Å². The van der Waals surface area contributed by atoms with Crippen LogP contribution in [0.15, 0.2) is 22.7 Å². The number of thiocarbonyl (C=S) groups is 1. The Morgan fingerprint density at radius 1 is 1.53 bits per heavy atom. The number of ether oxygens (including phenoxy) is 2. The highest BCUT2D eigenvalue weighted by Gasteiger charge is 2.08. The van der Waals surface area contributed by atoms with Crippen LogP contribution in [0.2, 0.25) is 0 Å². The molecule has 0 bridgehead atoms. The van der Waals surface area contributed by atoms with Crippen LogP contribution in [0.4, 0.5) is 0 Å². The van der Waals surface area contributed by atoms with Gasteiger partial charge in [-0.1, -0.05) is 12.2 Å². The fourth-order valence-electron chi connectivity index (χ4n) is 1.28. The lowest BCUT2D eigenvalue weighted by Crippen LogP contribution is -2.19. The lowest BCUT2D eigenvalue weighted by Gasteiger charge is -2.16. The molecule has 1 unspecified atom stereocenters. The molecule has 0 radical (unpaired) electrons. The van der Waals surface area contributed by atoms with Crippen molar-refractivity contribution >= 4 is 33.1 Å². The van der Waals surface area contributed by atoms with Crippen molar-refractivity contribution in [3.63, 3.8) is 0 Å². The average Bonchev–Trinajstić information content (AvgIpc) is 2.28. The van der Waals surface area contributed by atoms with Gasteiger partial charge in [-0.3, -0.25) is 0 Å². The predicted molar refractivity (Wildman–Crippen MR) is 76.6 cm³/mol. The Bertz CT molecular complexity index is 398. The quantitative estimate of drug-likeness (QED) is 0.819. The number of halogens is 1. The molecule has 0 fully saturated rings. The van der Waals surface area contributed by atoms with Crippen LogP contribution in [0, 0.1) is 0 Å². The van der Waals surface area contributed by atoms with E-state index in [0.29, 0.717) is 18.2 Å². The fraction of sp³-hybridized carbons (Fsp3) is 0.417. The third-order valence-electron chi connectivity index (χ3n) is 2.10. The molecule has 0 saturated heterocycles. The number of hydrogen-bond acceptors (Lipinski definition) is 3. The molecule has 1 aromatic carbocycles. The van der Waals surface area contributed by atoms with Gasteiger partial charge in [0.1, 0.15) is 16.8 Å². The van der Waals surface area contributed by atoms with Crippen LogP contribution < -0.4 is 10.5 Å². The summed E-state index contributed by atoms with van der Waals surface area (Å²) in [7, 11) is 0. The number of benzene rings is 1. The van der Waals surface area contributed by atoms with E-state index in [2.05, 4.69) is 15.9 Å². The normalized spacial score (nSPS) is 12.2. The fourth-order valence-corrected chi connectivity index (χ4v) is 1.88. The van der Waals surface area contributed by atoms with E-state index in [4.69, 9.17) is 27.4 Å². The molecule has 1 aromatic rings. The Balaban J connectivity index is 2.69. The lowest BCUT2D eigenvalue weighted by atomic mass is 10.2. The maximum Gasteiger partial charge on any atom is 0.134 e. The lowest BCUT2D eigenvalue weighted by molar-refractivity contribution is 0.0653. The number of hydrogen-bond donors (Lipinski definition) is 1. The molecule has 1 rings (SSSR count). The smallest absolute Gasteiger partial charge is 0.134 e. The highest BCUT2D eigenvalue weighted by atomic mass is 79.9. The Morgan fingerprint density at radius 3 is 2.76 bits per heavy atom. The molecule has 2 N–H and O–H groups in total. The second-order valence-corrected chi connectivity index (χ2v) is 4.89. The minimum atomic E-state index is 0.00179. The number of rotatable bonds is 6. The van der Waals surface area contributed by atoms with Crippen LogP contribution in [0.5, 0.6) is 5.75 Å². The first kappa shape index (κ1) is 14.4. The molecule has 5 heteroatoms. The molecule has 0 heterocycles. The first-order valence-corrected chi connectivity index (χ1v) is 6.58. The van der Waals surface area contributed by atoms with E-state index in [-0.39, 0.29) is 6.10 Å². The molecule has 0 aromatic heterocycles. The van der Waals surface area contributed by atoms with Gasteiger partial charge in [0.25, 0.3) is 0 Å². The van der Waals surface area contributed by atoms with Crippen LogP contribution in [-0.2, 0) is 4.74 Å². The summed E-state index contributed by atoms with van der Waals surface area (Å²) in [6.45, 7) is 5.18. The first-order valence-electron chi connectivity index (χ1n) is 5.38. The molecular weight excluding hydrogens is 302 g/mol. The molecule has 1 atom stereocenters. The molecule has 3 nitrogen and oxygen atoms in total.